The topological polar surface area (TPSA) is 73.4 Å². The molecule has 23 heavy (non-hydrogen) atoms. The van der Waals surface area contributed by atoms with Crippen LogP contribution >= 0.6 is 11.6 Å². The molecule has 0 aliphatic carbocycles. The molecule has 1 atom stereocenters. The van der Waals surface area contributed by atoms with E-state index in [-0.39, 0.29) is 16.7 Å². The maximum atomic E-state index is 11.3. The monoisotopic (exact) mass is 336 g/mol. The maximum Gasteiger partial charge on any atom is 0.333 e. The molecule has 0 N–H and O–H groups in total. The molecule has 1 aliphatic rings. The van der Waals surface area contributed by atoms with Crippen LogP contribution in [0.5, 0.6) is 5.75 Å². The Morgan fingerprint density at radius 3 is 2.96 bits per heavy atom. The molecule has 1 fully saturated rings. The van der Waals surface area contributed by atoms with Crippen LogP contribution in [0.15, 0.2) is 24.3 Å². The summed E-state index contributed by atoms with van der Waals surface area (Å²) in [6.45, 7) is 2.91. The zero-order chi connectivity index (χ0) is 16.6. The van der Waals surface area contributed by atoms with Crippen LogP contribution in [0.3, 0.4) is 0 Å². The second-order valence-electron chi connectivity index (χ2n) is 5.57. The van der Waals surface area contributed by atoms with Crippen molar-refractivity contribution in [3.8, 4) is 5.75 Å². The Bertz CT molecular complexity index is 746. The molecule has 1 saturated heterocycles. The minimum Gasteiger partial charge on any atom is -0.488 e. The summed E-state index contributed by atoms with van der Waals surface area (Å²) < 4.78 is 7.49. The van der Waals surface area contributed by atoms with Crippen LogP contribution in [0.1, 0.15) is 12.1 Å². The lowest BCUT2D eigenvalue weighted by molar-refractivity contribution is -0.384. The molecular formula is C15H17ClN4O3. The van der Waals surface area contributed by atoms with Crippen molar-refractivity contribution in [3.63, 3.8) is 0 Å². The Balaban J connectivity index is 1.77. The summed E-state index contributed by atoms with van der Waals surface area (Å²) in [4.78, 5) is 12.9. The average molecular weight is 337 g/mol. The molecule has 1 aliphatic heterocycles. The van der Waals surface area contributed by atoms with Gasteiger partial charge in [0.1, 0.15) is 17.5 Å². The van der Waals surface area contributed by atoms with E-state index in [0.29, 0.717) is 35.4 Å². The molecule has 2 aromatic rings. The highest BCUT2D eigenvalue weighted by atomic mass is 35.5. The van der Waals surface area contributed by atoms with Gasteiger partial charge in [-0.1, -0.05) is 17.7 Å². The maximum absolute atomic E-state index is 11.3. The summed E-state index contributed by atoms with van der Waals surface area (Å²) in [7, 11) is 1.72. The second-order valence-corrected chi connectivity index (χ2v) is 6.01. The third-order valence-electron chi connectivity index (χ3n) is 3.89. The van der Waals surface area contributed by atoms with Gasteiger partial charge in [0.15, 0.2) is 0 Å². The Morgan fingerprint density at radius 1 is 1.48 bits per heavy atom. The lowest BCUT2D eigenvalue weighted by Gasteiger charge is -2.18. The highest BCUT2D eigenvalue weighted by Gasteiger charge is 2.33. The van der Waals surface area contributed by atoms with Crippen LogP contribution in [0.2, 0.25) is 5.02 Å². The molecule has 1 unspecified atom stereocenters. The molecule has 1 aromatic heterocycles. The minimum atomic E-state index is -0.372. The van der Waals surface area contributed by atoms with Crippen molar-refractivity contribution in [1.29, 1.82) is 0 Å². The average Bonchev–Trinajstić information content (AvgIpc) is 3.02. The number of hydrogen-bond acceptors (Lipinski definition) is 5. The van der Waals surface area contributed by atoms with Gasteiger partial charge in [0.2, 0.25) is 5.82 Å². The van der Waals surface area contributed by atoms with Crippen LogP contribution < -0.4 is 9.64 Å². The van der Waals surface area contributed by atoms with E-state index in [1.54, 1.807) is 30.8 Å². The van der Waals surface area contributed by atoms with Crippen molar-refractivity contribution in [2.45, 2.75) is 19.4 Å². The number of ether oxygens (including phenoxy) is 1. The van der Waals surface area contributed by atoms with Gasteiger partial charge in [-0.3, -0.25) is 10.1 Å². The molecule has 1 aromatic carbocycles. The summed E-state index contributed by atoms with van der Waals surface area (Å²) in [6, 6.07) is 7.24. The SMILES string of the molecule is Cc1nn(C)c(N2CCC(Oc3cccc(Cl)c3)C2)c1[N+](=O)[O-]. The van der Waals surface area contributed by atoms with E-state index in [2.05, 4.69) is 5.10 Å². The number of nitro groups is 1. The van der Waals surface area contributed by atoms with Crippen LogP contribution in [-0.2, 0) is 7.05 Å². The summed E-state index contributed by atoms with van der Waals surface area (Å²) in [6.07, 6.45) is 0.747. The predicted molar refractivity (Wildman–Crippen MR) is 87.3 cm³/mol. The van der Waals surface area contributed by atoms with E-state index in [9.17, 15) is 10.1 Å². The molecule has 0 saturated carbocycles. The number of nitrogens with zero attached hydrogens (tertiary/aromatic N) is 4. The predicted octanol–water partition coefficient (Wildman–Crippen LogP) is 2.95. The van der Waals surface area contributed by atoms with Gasteiger partial charge in [-0.25, -0.2) is 4.68 Å². The van der Waals surface area contributed by atoms with Crippen molar-refractivity contribution in [2.24, 2.45) is 7.05 Å². The molecule has 2 heterocycles. The van der Waals surface area contributed by atoms with E-state index in [4.69, 9.17) is 16.3 Å². The Kier molecular flexibility index (Phi) is 4.12. The fraction of sp³-hybridized carbons (Fsp3) is 0.400. The van der Waals surface area contributed by atoms with Crippen LogP contribution in [0.4, 0.5) is 11.5 Å². The Morgan fingerprint density at radius 2 is 2.26 bits per heavy atom. The fourth-order valence-corrected chi connectivity index (χ4v) is 3.13. The Labute approximate surface area is 138 Å². The molecule has 3 rings (SSSR count). The van der Waals surface area contributed by atoms with Crippen molar-refractivity contribution in [1.82, 2.24) is 9.78 Å². The van der Waals surface area contributed by atoms with E-state index in [1.165, 1.54) is 0 Å². The lowest BCUT2D eigenvalue weighted by atomic mass is 10.3. The third kappa shape index (κ3) is 3.10. The van der Waals surface area contributed by atoms with Gasteiger partial charge >= 0.3 is 5.69 Å². The molecule has 122 valence electrons. The van der Waals surface area contributed by atoms with Crippen molar-refractivity contribution in [2.75, 3.05) is 18.0 Å². The molecule has 7 nitrogen and oxygen atoms in total. The van der Waals surface area contributed by atoms with Gasteiger partial charge in [-0.15, -0.1) is 0 Å². The molecule has 8 heteroatoms. The number of hydrogen-bond donors (Lipinski definition) is 0. The van der Waals surface area contributed by atoms with Gasteiger partial charge in [0.05, 0.1) is 11.5 Å². The van der Waals surface area contributed by atoms with Gasteiger partial charge in [0, 0.05) is 25.0 Å². The second kappa shape index (κ2) is 6.08. The first-order valence-corrected chi connectivity index (χ1v) is 7.68. The number of aryl methyl sites for hydroxylation is 2. The molecule has 0 spiro atoms. The largest absolute Gasteiger partial charge is 0.488 e. The zero-order valence-corrected chi connectivity index (χ0v) is 13.7. The first-order valence-electron chi connectivity index (χ1n) is 7.31. The lowest BCUT2D eigenvalue weighted by Crippen LogP contribution is -2.26. The summed E-state index contributed by atoms with van der Waals surface area (Å²) in [5, 5.41) is 16.1. The summed E-state index contributed by atoms with van der Waals surface area (Å²) in [5.41, 5.74) is 0.489. The zero-order valence-electron chi connectivity index (χ0n) is 12.9. The number of benzene rings is 1. The van der Waals surface area contributed by atoms with Crippen LogP contribution in [0, 0.1) is 17.0 Å². The van der Waals surface area contributed by atoms with E-state index in [0.717, 1.165) is 6.42 Å². The quantitative estimate of drug-likeness (QED) is 0.634. The highest BCUT2D eigenvalue weighted by Crippen LogP contribution is 2.33. The molecular weight excluding hydrogens is 320 g/mol. The first kappa shape index (κ1) is 15.6. The van der Waals surface area contributed by atoms with E-state index < -0.39 is 0 Å². The number of aromatic nitrogens is 2. The van der Waals surface area contributed by atoms with Gasteiger partial charge in [-0.05, 0) is 25.1 Å². The molecule has 0 amide bonds. The van der Waals surface area contributed by atoms with Gasteiger partial charge in [0.25, 0.3) is 0 Å². The molecule has 0 radical (unpaired) electrons. The fourth-order valence-electron chi connectivity index (χ4n) is 2.95. The number of anilines is 1. The van der Waals surface area contributed by atoms with Crippen LogP contribution in [-0.4, -0.2) is 33.9 Å². The first-order chi connectivity index (χ1) is 11.0. The normalized spacial score (nSPS) is 17.5. The van der Waals surface area contributed by atoms with Crippen molar-refractivity contribution >= 4 is 23.1 Å². The van der Waals surface area contributed by atoms with Crippen molar-refractivity contribution in [3.05, 3.63) is 45.1 Å². The number of halogens is 1. The third-order valence-corrected chi connectivity index (χ3v) is 4.12. The van der Waals surface area contributed by atoms with Crippen LogP contribution in [0.25, 0.3) is 0 Å². The smallest absolute Gasteiger partial charge is 0.333 e. The van der Waals surface area contributed by atoms with E-state index in [1.807, 2.05) is 17.0 Å². The van der Waals surface area contributed by atoms with Gasteiger partial charge < -0.3 is 9.64 Å². The number of rotatable bonds is 4. The standard InChI is InChI=1S/C15H17ClN4O3/c1-10-14(20(21)22)15(18(2)17-10)19-7-6-13(9-19)23-12-5-3-4-11(16)8-12/h3-5,8,13H,6-7,9H2,1-2H3. The highest BCUT2D eigenvalue weighted by molar-refractivity contribution is 6.30. The van der Waals surface area contributed by atoms with E-state index >= 15 is 0 Å². The Hall–Kier alpha value is -2.28. The molecule has 0 bridgehead atoms. The minimum absolute atomic E-state index is 0.0386. The summed E-state index contributed by atoms with van der Waals surface area (Å²) >= 11 is 5.96. The summed E-state index contributed by atoms with van der Waals surface area (Å²) in [5.74, 6) is 1.24. The van der Waals surface area contributed by atoms with Gasteiger partial charge in [-0.2, -0.15) is 5.10 Å². The van der Waals surface area contributed by atoms with Crippen molar-refractivity contribution < 1.29 is 9.66 Å².